The van der Waals surface area contributed by atoms with Crippen LogP contribution in [-0.4, -0.2) is 11.3 Å². The zero-order valence-corrected chi connectivity index (χ0v) is 31.8. The highest BCUT2D eigenvalue weighted by Gasteiger charge is 2.45. The van der Waals surface area contributed by atoms with Gasteiger partial charge >= 0.3 is 6.85 Å². The van der Waals surface area contributed by atoms with Gasteiger partial charge in [-0.1, -0.05) is 112 Å². The summed E-state index contributed by atoms with van der Waals surface area (Å²) in [5.41, 5.74) is 14.6. The van der Waals surface area contributed by atoms with E-state index in [4.69, 9.17) is 9.47 Å². The van der Waals surface area contributed by atoms with Gasteiger partial charge in [0.25, 0.3) is 0 Å². The summed E-state index contributed by atoms with van der Waals surface area (Å²) >= 11 is 1.90. The van der Waals surface area contributed by atoms with Crippen LogP contribution in [0.5, 0.6) is 23.0 Å². The van der Waals surface area contributed by atoms with E-state index in [0.29, 0.717) is 5.75 Å². The summed E-state index contributed by atoms with van der Waals surface area (Å²) < 4.78 is 17.3. The molecule has 0 bridgehead atoms. The number of fused-ring (bicyclic) bond motifs is 11. The van der Waals surface area contributed by atoms with Crippen molar-refractivity contribution in [2.45, 2.75) is 33.1 Å². The molecule has 3 aliphatic rings. The highest BCUT2D eigenvalue weighted by atomic mass is 32.1. The molecule has 0 fully saturated rings. The number of hydrogen-bond acceptors (Lipinski definition) is 4. The van der Waals surface area contributed by atoms with Crippen molar-refractivity contribution >= 4 is 77.4 Å². The fourth-order valence-electron chi connectivity index (χ4n) is 9.36. The van der Waals surface area contributed by atoms with Crippen LogP contribution in [0, 0.1) is 6.92 Å². The first kappa shape index (κ1) is 31.1. The molecule has 12 rings (SSSR count). The van der Waals surface area contributed by atoms with Gasteiger partial charge in [-0.2, -0.15) is 0 Å². The molecule has 9 aromatic rings. The van der Waals surface area contributed by atoms with Crippen LogP contribution < -0.4 is 25.3 Å². The number of para-hydroxylation sites is 3. The lowest BCUT2D eigenvalue weighted by molar-refractivity contribution is 0.360. The number of ether oxygens (including phenoxy) is 2. The normalized spacial score (nSPS) is 13.7. The number of rotatable bonds is 2. The van der Waals surface area contributed by atoms with Crippen LogP contribution in [-0.2, 0) is 5.41 Å². The zero-order valence-electron chi connectivity index (χ0n) is 31.0. The number of aryl methyl sites for hydroxylation is 1. The van der Waals surface area contributed by atoms with Crippen molar-refractivity contribution in [2.75, 3.05) is 4.90 Å². The molecule has 0 amide bonds. The number of aromatic nitrogens is 1. The Bertz CT molecular complexity index is 3120. The molecular formula is C49H35BN2O2S. The summed E-state index contributed by atoms with van der Waals surface area (Å²) in [5.74, 6) is 2.90. The summed E-state index contributed by atoms with van der Waals surface area (Å²) in [4.78, 5) is 3.80. The second kappa shape index (κ2) is 10.9. The predicted octanol–water partition coefficient (Wildman–Crippen LogP) is 12.6. The molecule has 55 heavy (non-hydrogen) atoms. The maximum Gasteiger partial charge on any atom is 0.333 e. The van der Waals surface area contributed by atoms with Gasteiger partial charge in [-0.05, 0) is 88.0 Å². The quantitative estimate of drug-likeness (QED) is 0.166. The second-order valence-corrected chi connectivity index (χ2v) is 17.2. The molecular weight excluding hydrogens is 691 g/mol. The molecule has 6 heteroatoms. The van der Waals surface area contributed by atoms with E-state index in [1.165, 1.54) is 81.2 Å². The molecule has 0 spiro atoms. The fraction of sp³-hybridized carbons (Fsp3) is 0.102. The fourth-order valence-corrected chi connectivity index (χ4v) is 10.6. The first-order valence-corrected chi connectivity index (χ1v) is 19.9. The van der Waals surface area contributed by atoms with Crippen LogP contribution in [0.4, 0.5) is 17.1 Å². The Morgan fingerprint density at radius 2 is 1.31 bits per heavy atom. The highest BCUT2D eigenvalue weighted by molar-refractivity contribution is 7.26. The van der Waals surface area contributed by atoms with Crippen molar-refractivity contribution in [3.8, 4) is 45.3 Å². The van der Waals surface area contributed by atoms with Crippen LogP contribution in [0.1, 0.15) is 31.9 Å². The van der Waals surface area contributed by atoms with E-state index < -0.39 is 0 Å². The Morgan fingerprint density at radius 1 is 0.582 bits per heavy atom. The molecule has 0 aliphatic carbocycles. The van der Waals surface area contributed by atoms with Crippen molar-refractivity contribution < 1.29 is 9.47 Å². The van der Waals surface area contributed by atoms with E-state index in [2.05, 4.69) is 152 Å². The van der Waals surface area contributed by atoms with Gasteiger partial charge in [0.15, 0.2) is 23.0 Å². The molecule has 7 aromatic carbocycles. The molecule has 0 saturated heterocycles. The number of anilines is 3. The Morgan fingerprint density at radius 3 is 2.11 bits per heavy atom. The summed E-state index contributed by atoms with van der Waals surface area (Å²) in [5, 5.41) is 3.95. The molecule has 5 heterocycles. The van der Waals surface area contributed by atoms with Gasteiger partial charge in [0.1, 0.15) is 0 Å². The molecule has 0 atom stereocenters. The van der Waals surface area contributed by atoms with Gasteiger partial charge in [0, 0.05) is 54.9 Å². The SMILES string of the molecule is Cc1cc2c3c(c1)N(c1ccc(C(C)(C)C)cc1-c1ccccc1)c1cc4c(cc1B3n1c3sc5ccccc5c3c3cccc-2c31)Oc1ccccc1O4. The van der Waals surface area contributed by atoms with E-state index in [0.717, 1.165) is 28.6 Å². The minimum absolute atomic E-state index is 0.0216. The van der Waals surface area contributed by atoms with Crippen LogP contribution in [0.3, 0.4) is 0 Å². The van der Waals surface area contributed by atoms with Gasteiger partial charge in [0.2, 0.25) is 0 Å². The molecule has 3 aliphatic heterocycles. The van der Waals surface area contributed by atoms with E-state index in [1.807, 2.05) is 35.6 Å². The second-order valence-electron chi connectivity index (χ2n) is 16.2. The lowest BCUT2D eigenvalue weighted by atomic mass is 9.45. The average Bonchev–Trinajstić information content (AvgIpc) is 3.73. The van der Waals surface area contributed by atoms with Crippen molar-refractivity contribution in [1.82, 2.24) is 4.48 Å². The number of nitrogens with zero attached hydrogens (tertiary/aromatic N) is 2. The number of thiophene rings is 1. The Kier molecular flexibility index (Phi) is 6.19. The van der Waals surface area contributed by atoms with E-state index in [1.54, 1.807) is 0 Å². The van der Waals surface area contributed by atoms with Gasteiger partial charge < -0.3 is 18.9 Å². The van der Waals surface area contributed by atoms with Crippen molar-refractivity contribution in [1.29, 1.82) is 0 Å². The van der Waals surface area contributed by atoms with Gasteiger partial charge in [0.05, 0.1) is 10.5 Å². The molecule has 4 nitrogen and oxygen atoms in total. The third kappa shape index (κ3) is 4.29. The number of benzene rings is 7. The molecule has 262 valence electrons. The minimum Gasteiger partial charge on any atom is -0.450 e. The van der Waals surface area contributed by atoms with E-state index >= 15 is 0 Å². The lowest BCUT2D eigenvalue weighted by Gasteiger charge is -2.42. The third-order valence-electron chi connectivity index (χ3n) is 11.8. The molecule has 0 radical (unpaired) electrons. The first-order chi connectivity index (χ1) is 26.8. The van der Waals surface area contributed by atoms with Crippen LogP contribution in [0.2, 0.25) is 0 Å². The van der Waals surface area contributed by atoms with E-state index in [9.17, 15) is 0 Å². The summed E-state index contributed by atoms with van der Waals surface area (Å²) in [6.07, 6.45) is 0. The van der Waals surface area contributed by atoms with Crippen molar-refractivity contribution in [2.24, 2.45) is 0 Å². The van der Waals surface area contributed by atoms with Gasteiger partial charge in [-0.15, -0.1) is 11.3 Å². The monoisotopic (exact) mass is 726 g/mol. The van der Waals surface area contributed by atoms with Crippen molar-refractivity contribution in [3.05, 3.63) is 151 Å². The van der Waals surface area contributed by atoms with Gasteiger partial charge in [-0.3, -0.25) is 0 Å². The summed E-state index contributed by atoms with van der Waals surface area (Å²) in [6, 6.07) is 50.9. The maximum absolute atomic E-state index is 6.69. The van der Waals surface area contributed by atoms with Crippen LogP contribution in [0.25, 0.3) is 53.5 Å². The summed E-state index contributed by atoms with van der Waals surface area (Å²) in [6.45, 7) is 9.01. The number of hydrogen-bond donors (Lipinski definition) is 0. The van der Waals surface area contributed by atoms with Crippen LogP contribution in [0.15, 0.2) is 140 Å². The Labute approximate surface area is 323 Å². The standard InChI is InChI=1S/C49H35BN2O2S/c1-28-23-35-31-16-12-17-33-45-32-15-8-11-20-44(32)55-48(45)52(47(31)33)50-36-26-42-43(54-41-19-10-9-18-40(41)53-42)27-38(36)51(39(24-28)46(35)50)37-22-21-30(49(2,3)4)25-34(37)29-13-6-5-7-14-29/h5-27H,1-4H3. The molecule has 0 N–H and O–H groups in total. The van der Waals surface area contributed by atoms with Crippen LogP contribution >= 0.6 is 11.3 Å². The summed E-state index contributed by atoms with van der Waals surface area (Å²) in [7, 11) is 0. The third-order valence-corrected chi connectivity index (χ3v) is 13.0. The highest BCUT2D eigenvalue weighted by Crippen LogP contribution is 2.53. The average molecular weight is 727 g/mol. The zero-order chi connectivity index (χ0) is 36.7. The van der Waals surface area contributed by atoms with Crippen molar-refractivity contribution in [3.63, 3.8) is 0 Å². The Balaban J connectivity index is 1.22. The topological polar surface area (TPSA) is 26.6 Å². The lowest BCUT2D eigenvalue weighted by Crippen LogP contribution is -2.56. The minimum atomic E-state index is -0.0973. The molecule has 2 aromatic heterocycles. The Hall–Kier alpha value is -6.24. The first-order valence-electron chi connectivity index (χ1n) is 19.0. The molecule has 0 unspecified atom stereocenters. The smallest absolute Gasteiger partial charge is 0.333 e. The van der Waals surface area contributed by atoms with Gasteiger partial charge in [-0.25, -0.2) is 0 Å². The molecule has 0 saturated carbocycles. The predicted molar refractivity (Wildman–Crippen MR) is 231 cm³/mol. The van der Waals surface area contributed by atoms with E-state index in [-0.39, 0.29) is 12.3 Å². The largest absolute Gasteiger partial charge is 0.450 e. The maximum atomic E-state index is 6.69.